The van der Waals surface area contributed by atoms with E-state index in [0.717, 1.165) is 34.4 Å². The average molecular weight is 252 g/mol. The third kappa shape index (κ3) is 2.55. The van der Waals surface area contributed by atoms with Gasteiger partial charge in [-0.1, -0.05) is 11.8 Å². The number of halogens is 2. The molecule has 2 rings (SSSR count). The lowest BCUT2D eigenvalue weighted by Gasteiger charge is -2.07. The van der Waals surface area contributed by atoms with Crippen molar-refractivity contribution in [3.8, 4) is 0 Å². The fourth-order valence-electron chi connectivity index (χ4n) is 1.36. The number of rotatable bonds is 2. The Bertz CT molecular complexity index is 535. The largest absolute Gasteiger partial charge is 0.399 e. The van der Waals surface area contributed by atoms with Gasteiger partial charge in [0.25, 0.3) is 0 Å². The number of anilines is 1. The van der Waals surface area contributed by atoms with E-state index in [-0.39, 0.29) is 10.6 Å². The van der Waals surface area contributed by atoms with Crippen molar-refractivity contribution >= 4 is 17.4 Å². The first-order valence-electron chi connectivity index (χ1n) is 4.91. The van der Waals surface area contributed by atoms with Crippen molar-refractivity contribution in [1.82, 2.24) is 4.98 Å². The predicted octanol–water partition coefficient (Wildman–Crippen LogP) is 3.40. The van der Waals surface area contributed by atoms with Crippen molar-refractivity contribution in [1.29, 1.82) is 0 Å². The van der Waals surface area contributed by atoms with Crippen molar-refractivity contribution in [2.75, 3.05) is 5.73 Å². The van der Waals surface area contributed by atoms with Gasteiger partial charge in [0.05, 0.1) is 4.90 Å². The van der Waals surface area contributed by atoms with Crippen LogP contribution in [0.5, 0.6) is 0 Å². The highest BCUT2D eigenvalue weighted by Gasteiger charge is 2.12. The summed E-state index contributed by atoms with van der Waals surface area (Å²) in [5, 5.41) is 0. The molecule has 2 nitrogen and oxygen atoms in total. The minimum atomic E-state index is -0.649. The van der Waals surface area contributed by atoms with Gasteiger partial charge in [-0.2, -0.15) is 0 Å². The van der Waals surface area contributed by atoms with Crippen LogP contribution in [0.1, 0.15) is 5.56 Å². The number of nitrogen functional groups attached to an aromatic ring is 1. The molecule has 0 atom stereocenters. The molecule has 0 radical (unpaired) electrons. The SMILES string of the molecule is Cc1cnccc1Sc1c(F)cc(N)cc1F. The van der Waals surface area contributed by atoms with Crippen LogP contribution in [0.4, 0.5) is 14.5 Å². The van der Waals surface area contributed by atoms with Crippen LogP contribution in [0, 0.1) is 18.6 Å². The van der Waals surface area contributed by atoms with E-state index in [2.05, 4.69) is 4.98 Å². The van der Waals surface area contributed by atoms with E-state index >= 15 is 0 Å². The minimum absolute atomic E-state index is 0.0477. The van der Waals surface area contributed by atoms with E-state index in [0.29, 0.717) is 0 Å². The Morgan fingerprint density at radius 2 is 1.88 bits per heavy atom. The van der Waals surface area contributed by atoms with Gasteiger partial charge in [0.1, 0.15) is 11.6 Å². The van der Waals surface area contributed by atoms with Gasteiger partial charge in [-0.25, -0.2) is 8.78 Å². The van der Waals surface area contributed by atoms with Crippen molar-refractivity contribution in [3.63, 3.8) is 0 Å². The van der Waals surface area contributed by atoms with Crippen LogP contribution in [0.3, 0.4) is 0 Å². The Kier molecular flexibility index (Phi) is 3.28. The lowest BCUT2D eigenvalue weighted by Crippen LogP contribution is -1.93. The van der Waals surface area contributed by atoms with Gasteiger partial charge in [0.15, 0.2) is 0 Å². The summed E-state index contributed by atoms with van der Waals surface area (Å²) in [7, 11) is 0. The highest BCUT2D eigenvalue weighted by molar-refractivity contribution is 7.99. The molecule has 0 unspecified atom stereocenters. The zero-order valence-corrected chi connectivity index (χ0v) is 9.89. The highest BCUT2D eigenvalue weighted by atomic mass is 32.2. The quantitative estimate of drug-likeness (QED) is 0.832. The molecule has 0 saturated carbocycles. The fourth-order valence-corrected chi connectivity index (χ4v) is 2.24. The summed E-state index contributed by atoms with van der Waals surface area (Å²) < 4.78 is 27.1. The van der Waals surface area contributed by atoms with Crippen LogP contribution in [-0.4, -0.2) is 4.98 Å². The Morgan fingerprint density at radius 3 is 2.47 bits per heavy atom. The third-order valence-corrected chi connectivity index (χ3v) is 3.47. The van der Waals surface area contributed by atoms with Crippen molar-refractivity contribution < 1.29 is 8.78 Å². The number of benzene rings is 1. The number of pyridine rings is 1. The molecule has 0 fully saturated rings. The number of hydrogen-bond donors (Lipinski definition) is 1. The summed E-state index contributed by atoms with van der Waals surface area (Å²) >= 11 is 1.03. The van der Waals surface area contributed by atoms with Gasteiger partial charge >= 0.3 is 0 Å². The Labute approximate surface area is 102 Å². The molecule has 1 aromatic heterocycles. The van der Waals surface area contributed by atoms with Crippen LogP contribution < -0.4 is 5.73 Å². The molecule has 2 aromatic rings. The fraction of sp³-hybridized carbons (Fsp3) is 0.0833. The molecule has 0 spiro atoms. The molecule has 1 heterocycles. The summed E-state index contributed by atoms with van der Waals surface area (Å²) in [4.78, 5) is 4.64. The lowest BCUT2D eigenvalue weighted by molar-refractivity contribution is 0.542. The first-order chi connectivity index (χ1) is 8.08. The third-order valence-electron chi connectivity index (χ3n) is 2.20. The molecule has 2 N–H and O–H groups in total. The first kappa shape index (κ1) is 11.9. The van der Waals surface area contributed by atoms with Crippen LogP contribution in [0.2, 0.25) is 0 Å². The van der Waals surface area contributed by atoms with Crippen LogP contribution in [-0.2, 0) is 0 Å². The first-order valence-corrected chi connectivity index (χ1v) is 5.72. The monoisotopic (exact) mass is 252 g/mol. The molecule has 17 heavy (non-hydrogen) atoms. The van der Waals surface area contributed by atoms with E-state index in [9.17, 15) is 8.78 Å². The van der Waals surface area contributed by atoms with Gasteiger partial charge in [0.2, 0.25) is 0 Å². The smallest absolute Gasteiger partial charge is 0.142 e. The molecular weight excluding hydrogens is 242 g/mol. The highest BCUT2D eigenvalue weighted by Crippen LogP contribution is 2.34. The molecule has 0 bridgehead atoms. The summed E-state index contributed by atoms with van der Waals surface area (Å²) in [6, 6.07) is 3.94. The summed E-state index contributed by atoms with van der Waals surface area (Å²) in [5.41, 5.74) is 6.30. The second kappa shape index (κ2) is 4.71. The van der Waals surface area contributed by atoms with Crippen LogP contribution in [0.15, 0.2) is 40.4 Å². The maximum atomic E-state index is 13.6. The van der Waals surface area contributed by atoms with Crippen LogP contribution in [0.25, 0.3) is 0 Å². The predicted molar refractivity (Wildman–Crippen MR) is 63.9 cm³/mol. The van der Waals surface area contributed by atoms with E-state index < -0.39 is 11.6 Å². The van der Waals surface area contributed by atoms with Gasteiger partial charge in [-0.05, 0) is 30.7 Å². The van der Waals surface area contributed by atoms with E-state index in [4.69, 9.17) is 5.73 Å². The Balaban J connectivity index is 2.40. The molecule has 1 aromatic carbocycles. The number of hydrogen-bond acceptors (Lipinski definition) is 3. The Morgan fingerprint density at radius 1 is 1.24 bits per heavy atom. The second-order valence-corrected chi connectivity index (χ2v) is 4.61. The molecular formula is C12H10F2N2S. The number of aromatic nitrogens is 1. The average Bonchev–Trinajstić information content (AvgIpc) is 2.25. The van der Waals surface area contributed by atoms with Gasteiger partial charge in [-0.15, -0.1) is 0 Å². The standard InChI is InChI=1S/C12H10F2N2S/c1-7-6-16-3-2-11(7)17-12-9(13)4-8(15)5-10(12)14/h2-6H,15H2,1H3. The van der Waals surface area contributed by atoms with Gasteiger partial charge < -0.3 is 5.73 Å². The molecule has 88 valence electrons. The molecule has 0 aliphatic rings. The Hall–Kier alpha value is -1.62. The summed E-state index contributed by atoms with van der Waals surface area (Å²) in [6.07, 6.45) is 3.23. The molecule has 0 saturated heterocycles. The maximum absolute atomic E-state index is 13.6. The van der Waals surface area contributed by atoms with E-state index in [1.807, 2.05) is 6.92 Å². The molecule has 5 heteroatoms. The zero-order chi connectivity index (χ0) is 12.4. The van der Waals surface area contributed by atoms with Crippen molar-refractivity contribution in [2.45, 2.75) is 16.7 Å². The van der Waals surface area contributed by atoms with Crippen molar-refractivity contribution in [2.24, 2.45) is 0 Å². The molecule has 0 aliphatic heterocycles. The van der Waals surface area contributed by atoms with Crippen LogP contribution >= 0.6 is 11.8 Å². The van der Waals surface area contributed by atoms with Gasteiger partial charge in [-0.3, -0.25) is 4.98 Å². The summed E-state index contributed by atoms with van der Waals surface area (Å²) in [5.74, 6) is -1.30. The number of aryl methyl sites for hydroxylation is 1. The van der Waals surface area contributed by atoms with E-state index in [1.54, 1.807) is 18.5 Å². The molecule has 0 aliphatic carbocycles. The topological polar surface area (TPSA) is 38.9 Å². The van der Waals surface area contributed by atoms with Crippen molar-refractivity contribution in [3.05, 3.63) is 47.8 Å². The summed E-state index contributed by atoms with van der Waals surface area (Å²) in [6.45, 7) is 1.84. The minimum Gasteiger partial charge on any atom is -0.399 e. The second-order valence-electron chi connectivity index (χ2n) is 3.56. The lowest BCUT2D eigenvalue weighted by atomic mass is 10.3. The maximum Gasteiger partial charge on any atom is 0.142 e. The zero-order valence-electron chi connectivity index (χ0n) is 9.08. The normalized spacial score (nSPS) is 10.5. The van der Waals surface area contributed by atoms with Gasteiger partial charge in [0, 0.05) is 23.0 Å². The molecule has 0 amide bonds. The van der Waals surface area contributed by atoms with E-state index in [1.165, 1.54) is 0 Å². The number of nitrogens with zero attached hydrogens (tertiary/aromatic N) is 1. The number of nitrogens with two attached hydrogens (primary N) is 1.